The molecule has 2 fully saturated rings. The summed E-state index contributed by atoms with van der Waals surface area (Å²) in [5, 5.41) is 13.1. The van der Waals surface area contributed by atoms with Crippen LogP contribution in [0.5, 0.6) is 5.75 Å². The maximum atomic E-state index is 13.3. The van der Waals surface area contributed by atoms with Crippen LogP contribution in [-0.4, -0.2) is 34.2 Å². The lowest BCUT2D eigenvalue weighted by molar-refractivity contribution is -0.156. The Balaban J connectivity index is 1.22. The minimum absolute atomic E-state index is 0.0773. The van der Waals surface area contributed by atoms with Crippen LogP contribution in [-0.2, 0) is 16.1 Å². The number of carboxylic acids is 1. The van der Waals surface area contributed by atoms with Crippen molar-refractivity contribution < 1.29 is 28.2 Å². The Morgan fingerprint density at radius 2 is 1.97 bits per heavy atom. The number of aliphatic carboxylic acids is 1. The molecule has 2 N–H and O–H groups in total. The first-order valence-electron chi connectivity index (χ1n) is 10.8. The Morgan fingerprint density at radius 1 is 1.19 bits per heavy atom. The molecule has 8 heteroatoms. The van der Waals surface area contributed by atoms with Gasteiger partial charge in [0.05, 0.1) is 5.70 Å². The molecule has 168 valence electrons. The lowest BCUT2D eigenvalue weighted by Crippen LogP contribution is -2.58. The first-order chi connectivity index (χ1) is 15.4. The van der Waals surface area contributed by atoms with Crippen LogP contribution in [0, 0.1) is 11.6 Å². The minimum Gasteiger partial charge on any atom is -0.489 e. The molecule has 0 unspecified atom stereocenters. The van der Waals surface area contributed by atoms with E-state index in [9.17, 15) is 18.7 Å². The van der Waals surface area contributed by atoms with Crippen molar-refractivity contribution in [1.82, 2.24) is 10.2 Å². The molecule has 0 radical (unpaired) electrons. The molecule has 1 saturated carbocycles. The van der Waals surface area contributed by atoms with E-state index in [4.69, 9.17) is 9.47 Å². The number of halogens is 2. The first-order valence-corrected chi connectivity index (χ1v) is 10.8. The van der Waals surface area contributed by atoms with E-state index in [0.717, 1.165) is 36.2 Å². The van der Waals surface area contributed by atoms with Crippen LogP contribution in [0.25, 0.3) is 0 Å². The number of hydrogen-bond acceptors (Lipinski definition) is 5. The molecular formula is C24H24F2N2O4. The molecule has 0 spiro atoms. The van der Waals surface area contributed by atoms with E-state index in [1.807, 2.05) is 23.2 Å². The van der Waals surface area contributed by atoms with Gasteiger partial charge >= 0.3 is 5.97 Å². The van der Waals surface area contributed by atoms with E-state index in [0.29, 0.717) is 30.7 Å². The van der Waals surface area contributed by atoms with Crippen LogP contribution >= 0.6 is 0 Å². The summed E-state index contributed by atoms with van der Waals surface area (Å²) in [5.74, 6) is -1.93. The Bertz CT molecular complexity index is 1050. The summed E-state index contributed by atoms with van der Waals surface area (Å²) in [6.07, 6.45) is 4.53. The summed E-state index contributed by atoms with van der Waals surface area (Å²) >= 11 is 0. The van der Waals surface area contributed by atoms with Gasteiger partial charge in [0.1, 0.15) is 24.0 Å². The molecule has 0 aromatic heterocycles. The van der Waals surface area contributed by atoms with Gasteiger partial charge in [0.25, 0.3) is 0 Å². The Hall–Kier alpha value is -3.13. The van der Waals surface area contributed by atoms with Crippen molar-refractivity contribution in [3.63, 3.8) is 0 Å². The summed E-state index contributed by atoms with van der Waals surface area (Å²) in [6.45, 7) is 0.788. The van der Waals surface area contributed by atoms with Gasteiger partial charge in [-0.1, -0.05) is 18.2 Å². The topological polar surface area (TPSA) is 71.0 Å². The van der Waals surface area contributed by atoms with Crippen LogP contribution in [0.15, 0.2) is 54.4 Å². The van der Waals surface area contributed by atoms with Crippen molar-refractivity contribution in [2.24, 2.45) is 0 Å². The number of rotatable bonds is 6. The molecule has 5 rings (SSSR count). The van der Waals surface area contributed by atoms with Gasteiger partial charge in [0.2, 0.25) is 0 Å². The molecular weight excluding hydrogens is 418 g/mol. The quantitative estimate of drug-likeness (QED) is 0.703. The highest BCUT2D eigenvalue weighted by molar-refractivity contribution is 5.80. The summed E-state index contributed by atoms with van der Waals surface area (Å²) < 4.78 is 38.2. The second kappa shape index (κ2) is 8.09. The molecule has 2 aliphatic heterocycles. The van der Waals surface area contributed by atoms with Gasteiger partial charge in [0, 0.05) is 18.3 Å². The zero-order valence-corrected chi connectivity index (χ0v) is 17.4. The number of nitrogens with zero attached hydrogens (tertiary/aromatic N) is 1. The van der Waals surface area contributed by atoms with E-state index in [-0.39, 0.29) is 18.9 Å². The zero-order chi connectivity index (χ0) is 22.3. The van der Waals surface area contributed by atoms with E-state index in [1.165, 1.54) is 6.07 Å². The maximum Gasteiger partial charge on any atom is 0.329 e. The number of hydrogen-bond donors (Lipinski definition) is 2. The highest BCUT2D eigenvalue weighted by atomic mass is 19.2. The fraction of sp³-hybridized carbons (Fsp3) is 0.375. The monoisotopic (exact) mass is 442 g/mol. The molecule has 1 saturated heterocycles. The minimum atomic E-state index is -0.896. The number of nitrogens with one attached hydrogen (secondary N) is 1. The second-order valence-electron chi connectivity index (χ2n) is 8.51. The smallest absolute Gasteiger partial charge is 0.329 e. The number of fused-ring (bicyclic) bond motifs is 1. The molecule has 6 nitrogen and oxygen atoms in total. The van der Waals surface area contributed by atoms with Gasteiger partial charge in [-0.2, -0.15) is 0 Å². The maximum absolute atomic E-state index is 13.3. The molecule has 3 aliphatic rings. The second-order valence-corrected chi connectivity index (χ2v) is 8.51. The van der Waals surface area contributed by atoms with E-state index in [1.54, 1.807) is 12.1 Å². The normalized spacial score (nSPS) is 23.6. The van der Waals surface area contributed by atoms with Gasteiger partial charge in [-0.3, -0.25) is 0 Å². The van der Waals surface area contributed by atoms with Gasteiger partial charge in [-0.05, 0) is 55.5 Å². The van der Waals surface area contributed by atoms with Crippen LogP contribution in [0.2, 0.25) is 0 Å². The third-order valence-electron chi connectivity index (χ3n) is 6.57. The molecule has 0 bridgehead atoms. The molecule has 32 heavy (non-hydrogen) atoms. The summed E-state index contributed by atoms with van der Waals surface area (Å²) in [7, 11) is 0. The fourth-order valence-electron chi connectivity index (χ4n) is 4.52. The molecule has 2 aromatic rings. The average Bonchev–Trinajstić information content (AvgIpc) is 3.17. The number of carboxylic acid groups (broad SMARTS) is 1. The molecule has 0 amide bonds. The third-order valence-corrected chi connectivity index (χ3v) is 6.57. The van der Waals surface area contributed by atoms with Crippen LogP contribution < -0.4 is 10.1 Å². The van der Waals surface area contributed by atoms with Gasteiger partial charge in [0.15, 0.2) is 17.9 Å². The van der Waals surface area contributed by atoms with Gasteiger partial charge < -0.3 is 24.8 Å². The summed E-state index contributed by atoms with van der Waals surface area (Å²) in [5.41, 5.74) is 1.60. The Labute approximate surface area is 184 Å². The number of carbonyl (C=O) groups is 1. The lowest BCUT2D eigenvalue weighted by atomic mass is 9.75. The molecule has 2 heterocycles. The third kappa shape index (κ3) is 3.68. The van der Waals surface area contributed by atoms with Crippen molar-refractivity contribution in [1.29, 1.82) is 0 Å². The summed E-state index contributed by atoms with van der Waals surface area (Å²) in [4.78, 5) is 13.8. The van der Waals surface area contributed by atoms with Crippen molar-refractivity contribution in [2.75, 3.05) is 6.54 Å². The highest BCUT2D eigenvalue weighted by Crippen LogP contribution is 2.42. The predicted octanol–water partition coefficient (Wildman–Crippen LogP) is 4.09. The van der Waals surface area contributed by atoms with Gasteiger partial charge in [-0.15, -0.1) is 0 Å². The lowest BCUT2D eigenvalue weighted by Gasteiger charge is -2.48. The standard InChI is InChI=1S/C24H24F2N2O4/c25-18-7-2-15(12-19(18)26)14-31-17-5-3-16(4-6-17)22-27-20-13-28(11-8-21(20)32-22)24(23(29)30)9-1-10-24/h2-7,12-13,21-22,27H,1,8-11,14H2,(H,29,30)/t21-,22-/m1/s1. The SMILES string of the molecule is O=C(O)C1(N2C=C3N[C@@H](c4ccc(OCc5ccc(F)c(F)c5)cc4)O[C@@H]3CC2)CCC1. The number of benzene rings is 2. The van der Waals surface area contributed by atoms with Crippen molar-refractivity contribution in [2.45, 2.75) is 50.2 Å². The molecule has 2 aromatic carbocycles. The predicted molar refractivity (Wildman–Crippen MR) is 112 cm³/mol. The highest BCUT2D eigenvalue weighted by Gasteiger charge is 2.50. The average molecular weight is 442 g/mol. The van der Waals surface area contributed by atoms with E-state index in [2.05, 4.69) is 5.32 Å². The number of ether oxygens (including phenoxy) is 2. The Kier molecular flexibility index (Phi) is 5.25. The molecule has 1 aliphatic carbocycles. The van der Waals surface area contributed by atoms with Crippen LogP contribution in [0.4, 0.5) is 8.78 Å². The van der Waals surface area contributed by atoms with E-state index < -0.39 is 23.1 Å². The van der Waals surface area contributed by atoms with Gasteiger partial charge in [-0.25, -0.2) is 13.6 Å². The van der Waals surface area contributed by atoms with Crippen molar-refractivity contribution in [3.8, 4) is 5.75 Å². The van der Waals surface area contributed by atoms with Crippen molar-refractivity contribution >= 4 is 5.97 Å². The van der Waals surface area contributed by atoms with Crippen molar-refractivity contribution in [3.05, 3.63) is 77.1 Å². The Morgan fingerprint density at radius 3 is 2.62 bits per heavy atom. The molecule has 2 atom stereocenters. The largest absolute Gasteiger partial charge is 0.489 e. The zero-order valence-electron chi connectivity index (χ0n) is 17.4. The van der Waals surface area contributed by atoms with Crippen LogP contribution in [0.1, 0.15) is 43.0 Å². The first kappa shape index (κ1) is 20.8. The van der Waals surface area contributed by atoms with E-state index >= 15 is 0 Å². The van der Waals surface area contributed by atoms with Crippen LogP contribution in [0.3, 0.4) is 0 Å². The summed E-state index contributed by atoms with van der Waals surface area (Å²) in [6, 6.07) is 11.1. The fourth-order valence-corrected chi connectivity index (χ4v) is 4.52.